The van der Waals surface area contributed by atoms with Crippen LogP contribution in [0.5, 0.6) is 0 Å². The van der Waals surface area contributed by atoms with Gasteiger partial charge in [-0.15, -0.1) is 0 Å². The molecule has 1 aromatic rings. The number of benzene rings is 1. The van der Waals surface area contributed by atoms with E-state index < -0.39 is 0 Å². The van der Waals surface area contributed by atoms with Crippen molar-refractivity contribution in [2.24, 2.45) is 17.8 Å². The molecule has 0 aliphatic heterocycles. The first-order chi connectivity index (χ1) is 9.60. The van der Waals surface area contributed by atoms with Crippen molar-refractivity contribution in [2.75, 3.05) is 0 Å². The fourth-order valence-corrected chi connectivity index (χ4v) is 3.63. The van der Waals surface area contributed by atoms with E-state index in [-0.39, 0.29) is 0 Å². The molecule has 1 N–H and O–H groups in total. The highest BCUT2D eigenvalue weighted by Gasteiger charge is 2.30. The highest BCUT2D eigenvalue weighted by atomic mass is 14.9. The summed E-state index contributed by atoms with van der Waals surface area (Å²) in [6.07, 6.45) is 5.28. The first-order valence-corrected chi connectivity index (χ1v) is 8.41. The van der Waals surface area contributed by atoms with Gasteiger partial charge in [0.05, 0.1) is 0 Å². The fourth-order valence-electron chi connectivity index (χ4n) is 3.63. The summed E-state index contributed by atoms with van der Waals surface area (Å²) < 4.78 is 0. The fraction of sp³-hybridized carbons (Fsp3) is 0.684. The second kappa shape index (κ2) is 7.26. The van der Waals surface area contributed by atoms with Crippen LogP contribution in [0, 0.1) is 17.8 Å². The van der Waals surface area contributed by atoms with Crippen LogP contribution in [-0.2, 0) is 13.0 Å². The summed E-state index contributed by atoms with van der Waals surface area (Å²) >= 11 is 0. The Labute approximate surface area is 125 Å². The quantitative estimate of drug-likeness (QED) is 0.785. The summed E-state index contributed by atoms with van der Waals surface area (Å²) in [5.74, 6) is 2.51. The van der Waals surface area contributed by atoms with Crippen molar-refractivity contribution in [1.29, 1.82) is 0 Å². The molecule has 2 rings (SSSR count). The van der Waals surface area contributed by atoms with Gasteiger partial charge in [0.2, 0.25) is 0 Å². The van der Waals surface area contributed by atoms with Crippen LogP contribution in [0.3, 0.4) is 0 Å². The van der Waals surface area contributed by atoms with Crippen LogP contribution in [-0.4, -0.2) is 6.04 Å². The van der Waals surface area contributed by atoms with Crippen LogP contribution in [0.1, 0.15) is 58.1 Å². The molecule has 3 unspecified atom stereocenters. The molecule has 1 aliphatic carbocycles. The van der Waals surface area contributed by atoms with Crippen LogP contribution in [0.25, 0.3) is 0 Å². The summed E-state index contributed by atoms with van der Waals surface area (Å²) in [5.41, 5.74) is 2.88. The minimum atomic E-state index is 0.718. The molecule has 0 spiro atoms. The average Bonchev–Trinajstić information content (AvgIpc) is 2.78. The Morgan fingerprint density at radius 2 is 1.75 bits per heavy atom. The van der Waals surface area contributed by atoms with Gasteiger partial charge in [0.25, 0.3) is 0 Å². The van der Waals surface area contributed by atoms with E-state index in [1.165, 1.54) is 36.8 Å². The zero-order chi connectivity index (χ0) is 14.5. The van der Waals surface area contributed by atoms with Gasteiger partial charge in [-0.1, -0.05) is 58.4 Å². The Morgan fingerprint density at radius 3 is 2.30 bits per heavy atom. The van der Waals surface area contributed by atoms with Crippen molar-refractivity contribution in [2.45, 2.75) is 66.0 Å². The van der Waals surface area contributed by atoms with Gasteiger partial charge in [0.15, 0.2) is 0 Å². The van der Waals surface area contributed by atoms with Crippen molar-refractivity contribution >= 4 is 0 Å². The molecular formula is C19H31N. The Hall–Kier alpha value is -0.820. The molecule has 0 saturated heterocycles. The van der Waals surface area contributed by atoms with Gasteiger partial charge in [-0.05, 0) is 48.1 Å². The maximum absolute atomic E-state index is 3.77. The van der Waals surface area contributed by atoms with Gasteiger partial charge in [0, 0.05) is 12.6 Å². The molecule has 1 nitrogen and oxygen atoms in total. The third kappa shape index (κ3) is 4.09. The van der Waals surface area contributed by atoms with Gasteiger partial charge in [-0.3, -0.25) is 0 Å². The highest BCUT2D eigenvalue weighted by molar-refractivity contribution is 5.22. The summed E-state index contributed by atoms with van der Waals surface area (Å²) in [6, 6.07) is 9.90. The Balaban J connectivity index is 1.82. The first-order valence-electron chi connectivity index (χ1n) is 8.41. The van der Waals surface area contributed by atoms with E-state index in [9.17, 15) is 0 Å². The molecule has 1 saturated carbocycles. The second-order valence-electron chi connectivity index (χ2n) is 7.01. The van der Waals surface area contributed by atoms with Crippen molar-refractivity contribution in [3.8, 4) is 0 Å². The summed E-state index contributed by atoms with van der Waals surface area (Å²) in [7, 11) is 0. The van der Waals surface area contributed by atoms with E-state index in [1.54, 1.807) is 0 Å². The predicted octanol–water partition coefficient (Wildman–Crippen LogP) is 4.80. The maximum Gasteiger partial charge on any atom is 0.0208 e. The predicted molar refractivity (Wildman–Crippen MR) is 87.8 cm³/mol. The zero-order valence-electron chi connectivity index (χ0n) is 13.7. The molecule has 1 heteroatoms. The average molecular weight is 273 g/mol. The first kappa shape index (κ1) is 15.6. The summed E-state index contributed by atoms with van der Waals surface area (Å²) in [5, 5.41) is 3.77. The van der Waals surface area contributed by atoms with E-state index in [0.717, 1.165) is 30.3 Å². The van der Waals surface area contributed by atoms with E-state index in [1.807, 2.05) is 0 Å². The van der Waals surface area contributed by atoms with Crippen LogP contribution in [0.2, 0.25) is 0 Å². The standard InChI is InChI=1S/C19H31N/c1-5-18-10-11-19(15(18)4)20-13-17-8-6-16(7-9-17)12-14(2)3/h6-9,14-15,18-20H,5,10-13H2,1-4H3. The summed E-state index contributed by atoms with van der Waals surface area (Å²) in [6.45, 7) is 10.3. The minimum Gasteiger partial charge on any atom is -0.310 e. The van der Waals surface area contributed by atoms with Crippen LogP contribution in [0.15, 0.2) is 24.3 Å². The molecule has 0 bridgehead atoms. The number of rotatable bonds is 6. The SMILES string of the molecule is CCC1CCC(NCc2ccc(CC(C)C)cc2)C1C. The Kier molecular flexibility index (Phi) is 5.65. The third-order valence-electron chi connectivity index (χ3n) is 4.99. The van der Waals surface area contributed by atoms with Gasteiger partial charge < -0.3 is 5.32 Å². The lowest BCUT2D eigenvalue weighted by atomic mass is 9.93. The topological polar surface area (TPSA) is 12.0 Å². The largest absolute Gasteiger partial charge is 0.310 e. The van der Waals surface area contributed by atoms with Crippen molar-refractivity contribution < 1.29 is 0 Å². The van der Waals surface area contributed by atoms with Crippen LogP contribution < -0.4 is 5.32 Å². The van der Waals surface area contributed by atoms with Crippen LogP contribution >= 0.6 is 0 Å². The zero-order valence-corrected chi connectivity index (χ0v) is 13.7. The lowest BCUT2D eigenvalue weighted by molar-refractivity contribution is 0.344. The normalized spacial score (nSPS) is 26.4. The molecule has 112 valence electrons. The van der Waals surface area contributed by atoms with Crippen LogP contribution in [0.4, 0.5) is 0 Å². The molecular weight excluding hydrogens is 242 g/mol. The van der Waals surface area contributed by atoms with Crippen molar-refractivity contribution in [3.05, 3.63) is 35.4 Å². The van der Waals surface area contributed by atoms with Crippen molar-refractivity contribution in [3.63, 3.8) is 0 Å². The number of hydrogen-bond donors (Lipinski definition) is 1. The van der Waals surface area contributed by atoms with Crippen molar-refractivity contribution in [1.82, 2.24) is 5.32 Å². The van der Waals surface area contributed by atoms with E-state index in [2.05, 4.69) is 57.3 Å². The molecule has 0 amide bonds. The molecule has 1 aromatic carbocycles. The molecule has 3 atom stereocenters. The molecule has 20 heavy (non-hydrogen) atoms. The minimum absolute atomic E-state index is 0.718. The van der Waals surface area contributed by atoms with E-state index in [4.69, 9.17) is 0 Å². The molecule has 1 aliphatic rings. The smallest absolute Gasteiger partial charge is 0.0208 e. The van der Waals surface area contributed by atoms with E-state index >= 15 is 0 Å². The van der Waals surface area contributed by atoms with Gasteiger partial charge in [-0.25, -0.2) is 0 Å². The van der Waals surface area contributed by atoms with Gasteiger partial charge >= 0.3 is 0 Å². The van der Waals surface area contributed by atoms with E-state index in [0.29, 0.717) is 0 Å². The number of nitrogens with one attached hydrogen (secondary N) is 1. The number of hydrogen-bond acceptors (Lipinski definition) is 1. The van der Waals surface area contributed by atoms with Gasteiger partial charge in [-0.2, -0.15) is 0 Å². The van der Waals surface area contributed by atoms with Gasteiger partial charge in [0.1, 0.15) is 0 Å². The Bertz CT molecular complexity index is 393. The Morgan fingerprint density at radius 1 is 1.10 bits per heavy atom. The summed E-state index contributed by atoms with van der Waals surface area (Å²) in [4.78, 5) is 0. The molecule has 0 aromatic heterocycles. The monoisotopic (exact) mass is 273 g/mol. The lowest BCUT2D eigenvalue weighted by Gasteiger charge is -2.21. The molecule has 1 fully saturated rings. The lowest BCUT2D eigenvalue weighted by Crippen LogP contribution is -2.32. The third-order valence-corrected chi connectivity index (χ3v) is 4.99. The maximum atomic E-state index is 3.77. The highest BCUT2D eigenvalue weighted by Crippen LogP contribution is 2.33. The molecule has 0 heterocycles. The molecule has 0 radical (unpaired) electrons. The second-order valence-corrected chi connectivity index (χ2v) is 7.01.